The molecule has 9 heteroatoms. The molecule has 3 rings (SSSR count). The van der Waals surface area contributed by atoms with Crippen LogP contribution >= 0.6 is 27.5 Å². The first-order valence-electron chi connectivity index (χ1n) is 6.56. The molecule has 1 unspecified atom stereocenters. The van der Waals surface area contributed by atoms with E-state index < -0.39 is 12.0 Å². The van der Waals surface area contributed by atoms with Crippen LogP contribution in [0, 0.1) is 5.95 Å². The Hall–Kier alpha value is -1.38. The molecule has 1 aliphatic heterocycles. The van der Waals surface area contributed by atoms with Crippen LogP contribution in [0.2, 0.25) is 5.02 Å². The number of carboxylic acid groups (broad SMARTS) is 1. The highest BCUT2D eigenvalue weighted by Gasteiger charge is 2.25. The van der Waals surface area contributed by atoms with Crippen LogP contribution in [0.15, 0.2) is 16.6 Å². The quantitative estimate of drug-likeness (QED) is 0.853. The normalized spacial score (nSPS) is 18.9. The van der Waals surface area contributed by atoms with Crippen molar-refractivity contribution in [3.8, 4) is 0 Å². The monoisotopic (exact) mass is 391 g/mol. The van der Waals surface area contributed by atoms with Gasteiger partial charge in [0, 0.05) is 16.0 Å². The lowest BCUT2D eigenvalue weighted by atomic mass is 10.2. The van der Waals surface area contributed by atoms with Gasteiger partial charge >= 0.3 is 6.09 Å². The number of rotatable bonds is 2. The third kappa shape index (κ3) is 2.90. The highest BCUT2D eigenvalue weighted by Crippen LogP contribution is 2.30. The minimum atomic E-state index is -0.988. The van der Waals surface area contributed by atoms with Gasteiger partial charge in [-0.3, -0.25) is 4.68 Å². The van der Waals surface area contributed by atoms with E-state index in [1.165, 1.54) is 15.6 Å². The van der Waals surface area contributed by atoms with Crippen LogP contribution in [-0.4, -0.2) is 51.7 Å². The van der Waals surface area contributed by atoms with Gasteiger partial charge in [0.1, 0.15) is 0 Å². The summed E-state index contributed by atoms with van der Waals surface area (Å²) in [6.07, 6.45) is -1.37. The van der Waals surface area contributed by atoms with Gasteiger partial charge in [-0.05, 0) is 28.1 Å². The summed E-state index contributed by atoms with van der Waals surface area (Å²) < 4.78 is 21.6. The standard InChI is InChI=1S/C13H12BrClFN3O3/c14-10-4-7(15)3-9-11(10)19(17-12(9)16)6-8-5-18(13(20)21)1-2-22-8/h3-4,8H,1-2,5-6H2,(H,20,21). The number of fused-ring (bicyclic) bond motifs is 1. The molecule has 2 aromatic rings. The van der Waals surface area contributed by atoms with Gasteiger partial charge in [0.2, 0.25) is 5.95 Å². The Morgan fingerprint density at radius 1 is 1.59 bits per heavy atom. The molecule has 0 bridgehead atoms. The van der Waals surface area contributed by atoms with Crippen LogP contribution in [-0.2, 0) is 11.3 Å². The van der Waals surface area contributed by atoms with Crippen molar-refractivity contribution >= 4 is 44.5 Å². The van der Waals surface area contributed by atoms with Crippen molar-refractivity contribution in [2.24, 2.45) is 0 Å². The summed E-state index contributed by atoms with van der Waals surface area (Å²) >= 11 is 9.28. The molecule has 1 amide bonds. The molecule has 118 valence electrons. The van der Waals surface area contributed by atoms with Gasteiger partial charge in [-0.2, -0.15) is 4.39 Å². The van der Waals surface area contributed by atoms with E-state index in [2.05, 4.69) is 21.0 Å². The summed E-state index contributed by atoms with van der Waals surface area (Å²) in [5, 5.41) is 13.6. The number of carbonyl (C=O) groups is 1. The zero-order chi connectivity index (χ0) is 15.9. The minimum Gasteiger partial charge on any atom is -0.465 e. The largest absolute Gasteiger partial charge is 0.465 e. The van der Waals surface area contributed by atoms with Gasteiger partial charge in [0.25, 0.3) is 0 Å². The van der Waals surface area contributed by atoms with Crippen LogP contribution < -0.4 is 0 Å². The number of aromatic nitrogens is 2. The maximum absolute atomic E-state index is 14.0. The van der Waals surface area contributed by atoms with E-state index in [1.807, 2.05) is 0 Å². The van der Waals surface area contributed by atoms with E-state index in [4.69, 9.17) is 21.4 Å². The van der Waals surface area contributed by atoms with Crippen molar-refractivity contribution in [2.45, 2.75) is 12.6 Å². The van der Waals surface area contributed by atoms with Crippen molar-refractivity contribution in [2.75, 3.05) is 19.7 Å². The Bertz CT molecular complexity index is 739. The van der Waals surface area contributed by atoms with Gasteiger partial charge in [-0.1, -0.05) is 11.6 Å². The second-order valence-corrected chi connectivity index (χ2v) is 6.27. The lowest BCUT2D eigenvalue weighted by Crippen LogP contribution is -2.46. The van der Waals surface area contributed by atoms with Crippen molar-refractivity contribution in [1.82, 2.24) is 14.7 Å². The number of morpholine rings is 1. The zero-order valence-corrected chi connectivity index (χ0v) is 13.6. The highest BCUT2D eigenvalue weighted by molar-refractivity contribution is 9.10. The molecule has 1 fully saturated rings. The van der Waals surface area contributed by atoms with Crippen LogP contribution in [0.5, 0.6) is 0 Å². The van der Waals surface area contributed by atoms with Crippen LogP contribution in [0.25, 0.3) is 10.9 Å². The average Bonchev–Trinajstić information content (AvgIpc) is 2.75. The van der Waals surface area contributed by atoms with Gasteiger partial charge < -0.3 is 14.7 Å². The molecular weight excluding hydrogens is 381 g/mol. The topological polar surface area (TPSA) is 67.6 Å². The first-order chi connectivity index (χ1) is 10.5. The molecule has 1 aromatic carbocycles. The first-order valence-corrected chi connectivity index (χ1v) is 7.73. The summed E-state index contributed by atoms with van der Waals surface area (Å²) in [5.41, 5.74) is 0.568. The first kappa shape index (κ1) is 15.5. The molecule has 1 aliphatic rings. The van der Waals surface area contributed by atoms with Crippen molar-refractivity contribution in [3.05, 3.63) is 27.6 Å². The molecule has 0 spiro atoms. The molecule has 0 aliphatic carbocycles. The lowest BCUT2D eigenvalue weighted by Gasteiger charge is -2.31. The number of ether oxygens (including phenoxy) is 1. The second-order valence-electron chi connectivity index (χ2n) is 4.98. The van der Waals surface area contributed by atoms with Gasteiger partial charge in [-0.15, -0.1) is 5.10 Å². The van der Waals surface area contributed by atoms with Crippen LogP contribution in [0.1, 0.15) is 0 Å². The molecule has 0 radical (unpaired) electrons. The number of halogens is 3. The smallest absolute Gasteiger partial charge is 0.407 e. The van der Waals surface area contributed by atoms with Crippen LogP contribution in [0.4, 0.5) is 9.18 Å². The number of hydrogen-bond acceptors (Lipinski definition) is 3. The predicted octanol–water partition coefficient (Wildman–Crippen LogP) is 2.97. The maximum atomic E-state index is 14.0. The summed E-state index contributed by atoms with van der Waals surface area (Å²) in [6, 6.07) is 3.17. The summed E-state index contributed by atoms with van der Waals surface area (Å²) in [6.45, 7) is 1.12. The third-order valence-corrected chi connectivity index (χ3v) is 4.33. The molecule has 6 nitrogen and oxygen atoms in total. The number of benzene rings is 1. The molecule has 1 aromatic heterocycles. The Morgan fingerprint density at radius 2 is 2.36 bits per heavy atom. The summed E-state index contributed by atoms with van der Waals surface area (Å²) in [7, 11) is 0. The average molecular weight is 393 g/mol. The maximum Gasteiger partial charge on any atom is 0.407 e. The Labute approximate surface area is 138 Å². The number of nitrogens with zero attached hydrogens (tertiary/aromatic N) is 3. The number of amides is 1. The van der Waals surface area contributed by atoms with Crippen LogP contribution in [0.3, 0.4) is 0 Å². The number of hydrogen-bond donors (Lipinski definition) is 1. The van der Waals surface area contributed by atoms with Crippen molar-refractivity contribution < 1.29 is 19.0 Å². The van der Waals surface area contributed by atoms with Crippen molar-refractivity contribution in [3.63, 3.8) is 0 Å². The highest BCUT2D eigenvalue weighted by atomic mass is 79.9. The van der Waals surface area contributed by atoms with E-state index in [0.717, 1.165) is 0 Å². The fourth-order valence-corrected chi connectivity index (χ4v) is 3.54. The van der Waals surface area contributed by atoms with Gasteiger partial charge in [-0.25, -0.2) is 4.79 Å². The van der Waals surface area contributed by atoms with E-state index in [-0.39, 0.29) is 19.2 Å². The predicted molar refractivity (Wildman–Crippen MR) is 81.7 cm³/mol. The Kier molecular flexibility index (Phi) is 4.24. The molecule has 0 saturated carbocycles. The molecular formula is C13H12BrClFN3O3. The van der Waals surface area contributed by atoms with E-state index >= 15 is 0 Å². The van der Waals surface area contributed by atoms with Crippen molar-refractivity contribution in [1.29, 1.82) is 0 Å². The van der Waals surface area contributed by atoms with Gasteiger partial charge in [0.05, 0.1) is 36.7 Å². The van der Waals surface area contributed by atoms with E-state index in [9.17, 15) is 9.18 Å². The molecule has 22 heavy (non-hydrogen) atoms. The van der Waals surface area contributed by atoms with E-state index in [0.29, 0.717) is 33.5 Å². The van der Waals surface area contributed by atoms with E-state index in [1.54, 1.807) is 6.07 Å². The minimum absolute atomic E-state index is 0.226. The third-order valence-electron chi connectivity index (χ3n) is 3.50. The molecule has 1 atom stereocenters. The summed E-state index contributed by atoms with van der Waals surface area (Å²) in [5.74, 6) is -0.621. The molecule has 1 saturated heterocycles. The SMILES string of the molecule is O=C(O)N1CCOC(Cn2nc(F)c3cc(Cl)cc(Br)c32)C1. The fourth-order valence-electron chi connectivity index (χ4n) is 2.52. The molecule has 2 heterocycles. The van der Waals surface area contributed by atoms with Gasteiger partial charge in [0.15, 0.2) is 0 Å². The molecule has 1 N–H and O–H groups in total. The Morgan fingerprint density at radius 3 is 3.09 bits per heavy atom. The Balaban J connectivity index is 1.89. The fraction of sp³-hybridized carbons (Fsp3) is 0.385. The second kappa shape index (κ2) is 6.02. The zero-order valence-electron chi connectivity index (χ0n) is 11.3. The summed E-state index contributed by atoms with van der Waals surface area (Å²) in [4.78, 5) is 12.3. The lowest BCUT2D eigenvalue weighted by molar-refractivity contribution is -0.0303.